The summed E-state index contributed by atoms with van der Waals surface area (Å²) in [5, 5.41) is 19.5. The van der Waals surface area contributed by atoms with E-state index in [0.717, 1.165) is 44.4 Å². The minimum Gasteiger partial charge on any atom is -0.462 e. The Balaban J connectivity index is 3.78. The fourth-order valence-corrected chi connectivity index (χ4v) is 4.64. The molecule has 0 aromatic heterocycles. The molecule has 0 unspecified atom stereocenters. The Morgan fingerprint density at radius 1 is 0.705 bits per heavy atom. The van der Waals surface area contributed by atoms with Gasteiger partial charge in [0.05, 0.1) is 12.7 Å². The van der Waals surface area contributed by atoms with Crippen molar-refractivity contribution in [2.75, 3.05) is 13.2 Å². The average molecular weight is 619 g/mol. The molecule has 0 aromatic carbocycles. The number of hydrogen-bond donors (Lipinski definition) is 2. The number of carbonyl (C=O) groups excluding carboxylic acids is 2. The van der Waals surface area contributed by atoms with Crippen LogP contribution in [0.3, 0.4) is 0 Å². The standard InChI is InChI=1S/C38H66O6/c1-4-5-6-7-18-23-28-35(40)29-24-19-14-11-12-15-20-25-30-37(41)43-33-36(32-39)44-38(42)31-26-21-16-10-8-9-13-17-22-27-34(2)3/h12,14-15,18-19,23-24,29,34-36,39-40H,4-11,13,16-17,20-22,25-28,30-33H2,1-3H3/b15-12-,19-14-,23-18-,29-24+/t35-,36+/m1/s1. The van der Waals surface area contributed by atoms with E-state index in [-0.39, 0.29) is 31.6 Å². The first kappa shape index (κ1) is 41.8. The zero-order chi connectivity index (χ0) is 32.5. The second-order valence-electron chi connectivity index (χ2n) is 12.3. The molecule has 0 radical (unpaired) electrons. The van der Waals surface area contributed by atoms with Crippen LogP contribution in [0.1, 0.15) is 149 Å². The molecule has 2 atom stereocenters. The highest BCUT2D eigenvalue weighted by Crippen LogP contribution is 2.14. The Hall–Kier alpha value is -2.18. The molecule has 0 bridgehead atoms. The first-order valence-electron chi connectivity index (χ1n) is 17.7. The Kier molecular flexibility index (Phi) is 30.6. The van der Waals surface area contributed by atoms with Gasteiger partial charge in [-0.2, -0.15) is 0 Å². The summed E-state index contributed by atoms with van der Waals surface area (Å²) in [4.78, 5) is 24.1. The predicted molar refractivity (Wildman–Crippen MR) is 183 cm³/mol. The van der Waals surface area contributed by atoms with E-state index in [9.17, 15) is 19.8 Å². The van der Waals surface area contributed by atoms with Crippen LogP contribution in [0.15, 0.2) is 48.6 Å². The molecule has 0 aromatic rings. The van der Waals surface area contributed by atoms with Gasteiger partial charge in [-0.25, -0.2) is 0 Å². The molecule has 0 heterocycles. The number of hydrogen-bond acceptors (Lipinski definition) is 6. The Morgan fingerprint density at radius 3 is 2.02 bits per heavy atom. The zero-order valence-electron chi connectivity index (χ0n) is 28.4. The molecule has 0 aliphatic rings. The van der Waals surface area contributed by atoms with Gasteiger partial charge in [0.15, 0.2) is 6.10 Å². The van der Waals surface area contributed by atoms with Crippen molar-refractivity contribution in [3.63, 3.8) is 0 Å². The van der Waals surface area contributed by atoms with Crippen LogP contribution in [0.5, 0.6) is 0 Å². The lowest BCUT2D eigenvalue weighted by atomic mass is 10.0. The molecule has 0 saturated heterocycles. The van der Waals surface area contributed by atoms with Crippen LogP contribution < -0.4 is 0 Å². The van der Waals surface area contributed by atoms with Crippen LogP contribution in [0, 0.1) is 5.92 Å². The summed E-state index contributed by atoms with van der Waals surface area (Å²) >= 11 is 0. The Labute approximate surface area is 270 Å². The molecular weight excluding hydrogens is 552 g/mol. The van der Waals surface area contributed by atoms with Crippen molar-refractivity contribution in [2.45, 2.75) is 161 Å². The normalized spacial score (nSPS) is 13.6. The van der Waals surface area contributed by atoms with Crippen molar-refractivity contribution in [2.24, 2.45) is 5.92 Å². The summed E-state index contributed by atoms with van der Waals surface area (Å²) in [5.41, 5.74) is 0. The molecule has 44 heavy (non-hydrogen) atoms. The van der Waals surface area contributed by atoms with E-state index in [1.165, 1.54) is 64.2 Å². The van der Waals surface area contributed by atoms with Crippen molar-refractivity contribution in [1.82, 2.24) is 0 Å². The fourth-order valence-electron chi connectivity index (χ4n) is 4.64. The molecule has 0 saturated carbocycles. The molecule has 0 aliphatic heterocycles. The molecule has 0 rings (SSSR count). The molecule has 6 nitrogen and oxygen atoms in total. The third-order valence-corrected chi connectivity index (χ3v) is 7.38. The van der Waals surface area contributed by atoms with E-state index in [1.54, 1.807) is 6.08 Å². The Morgan fingerprint density at radius 2 is 1.34 bits per heavy atom. The zero-order valence-corrected chi connectivity index (χ0v) is 28.4. The van der Waals surface area contributed by atoms with E-state index in [4.69, 9.17) is 9.47 Å². The SMILES string of the molecule is CCCCC/C=C\C[C@@H](O)/C=C/C=C\C/C=C\CCCC(=O)OC[C@H](CO)OC(=O)CCCCCCCCCCCC(C)C. The largest absolute Gasteiger partial charge is 0.462 e. The third kappa shape index (κ3) is 31.3. The number of aliphatic hydroxyl groups excluding tert-OH is 2. The number of aliphatic hydroxyl groups is 2. The van der Waals surface area contributed by atoms with Gasteiger partial charge in [-0.3, -0.25) is 9.59 Å². The molecule has 0 fully saturated rings. The smallest absolute Gasteiger partial charge is 0.306 e. The molecule has 2 N–H and O–H groups in total. The average Bonchev–Trinajstić information content (AvgIpc) is 3.00. The van der Waals surface area contributed by atoms with Gasteiger partial charge in [0.25, 0.3) is 0 Å². The van der Waals surface area contributed by atoms with Crippen molar-refractivity contribution in [3.8, 4) is 0 Å². The van der Waals surface area contributed by atoms with Gasteiger partial charge in [0.2, 0.25) is 0 Å². The maximum Gasteiger partial charge on any atom is 0.306 e. The lowest BCUT2D eigenvalue weighted by molar-refractivity contribution is -0.161. The Bertz CT molecular complexity index is 782. The fraction of sp³-hybridized carbons (Fsp3) is 0.737. The maximum atomic E-state index is 12.1. The van der Waals surface area contributed by atoms with Crippen molar-refractivity contribution >= 4 is 11.9 Å². The lowest BCUT2D eigenvalue weighted by Gasteiger charge is -2.15. The van der Waals surface area contributed by atoms with Gasteiger partial charge in [0.1, 0.15) is 6.61 Å². The summed E-state index contributed by atoms with van der Waals surface area (Å²) in [6, 6.07) is 0. The number of unbranched alkanes of at least 4 members (excludes halogenated alkanes) is 12. The molecule has 0 spiro atoms. The van der Waals surface area contributed by atoms with Crippen molar-refractivity contribution in [1.29, 1.82) is 0 Å². The first-order valence-corrected chi connectivity index (χ1v) is 17.7. The quantitative estimate of drug-likeness (QED) is 0.0360. The first-order chi connectivity index (χ1) is 21.4. The predicted octanol–water partition coefficient (Wildman–Crippen LogP) is 9.50. The minimum atomic E-state index is -0.809. The number of allylic oxidation sites excluding steroid dienone is 6. The second kappa shape index (κ2) is 32.2. The lowest BCUT2D eigenvalue weighted by Crippen LogP contribution is -2.28. The molecule has 0 aliphatic carbocycles. The number of carbonyl (C=O) groups is 2. The van der Waals surface area contributed by atoms with Gasteiger partial charge < -0.3 is 19.7 Å². The highest BCUT2D eigenvalue weighted by molar-refractivity contribution is 5.70. The van der Waals surface area contributed by atoms with E-state index in [1.807, 2.05) is 36.5 Å². The van der Waals surface area contributed by atoms with Crippen LogP contribution >= 0.6 is 0 Å². The second-order valence-corrected chi connectivity index (χ2v) is 12.3. The topological polar surface area (TPSA) is 93.1 Å². The summed E-state index contributed by atoms with van der Waals surface area (Å²) in [6.45, 7) is 6.28. The van der Waals surface area contributed by atoms with Crippen molar-refractivity contribution < 1.29 is 29.3 Å². The third-order valence-electron chi connectivity index (χ3n) is 7.38. The highest BCUT2D eigenvalue weighted by atomic mass is 16.6. The number of ether oxygens (including phenoxy) is 2. The molecule has 0 amide bonds. The summed E-state index contributed by atoms with van der Waals surface area (Å²) in [5.74, 6) is 0.106. The molecular formula is C38H66O6. The maximum absolute atomic E-state index is 12.1. The van der Waals surface area contributed by atoms with Gasteiger partial charge in [0, 0.05) is 12.8 Å². The molecule has 6 heteroatoms. The summed E-state index contributed by atoms with van der Waals surface area (Å²) < 4.78 is 10.5. The van der Waals surface area contributed by atoms with E-state index >= 15 is 0 Å². The van der Waals surface area contributed by atoms with Crippen LogP contribution in [-0.4, -0.2) is 47.6 Å². The van der Waals surface area contributed by atoms with Gasteiger partial charge in [-0.05, 0) is 50.9 Å². The minimum absolute atomic E-state index is 0.115. The monoisotopic (exact) mass is 618 g/mol. The number of rotatable bonds is 30. The van der Waals surface area contributed by atoms with Gasteiger partial charge in [-0.15, -0.1) is 0 Å². The van der Waals surface area contributed by atoms with E-state index in [0.29, 0.717) is 19.3 Å². The summed E-state index contributed by atoms with van der Waals surface area (Å²) in [7, 11) is 0. The van der Waals surface area contributed by atoms with E-state index in [2.05, 4.69) is 26.8 Å². The summed E-state index contributed by atoms with van der Waals surface area (Å²) in [6.07, 6.45) is 34.9. The van der Waals surface area contributed by atoms with E-state index < -0.39 is 12.2 Å². The van der Waals surface area contributed by atoms with Crippen molar-refractivity contribution in [3.05, 3.63) is 48.6 Å². The van der Waals surface area contributed by atoms with Crippen LogP contribution in [0.2, 0.25) is 0 Å². The highest BCUT2D eigenvalue weighted by Gasteiger charge is 2.16. The molecule has 254 valence electrons. The van der Waals surface area contributed by atoms with Gasteiger partial charge >= 0.3 is 11.9 Å². The van der Waals surface area contributed by atoms with Crippen LogP contribution in [0.4, 0.5) is 0 Å². The number of esters is 2. The van der Waals surface area contributed by atoms with Crippen LogP contribution in [-0.2, 0) is 19.1 Å². The van der Waals surface area contributed by atoms with Gasteiger partial charge in [-0.1, -0.05) is 140 Å². The van der Waals surface area contributed by atoms with Crippen LogP contribution in [0.25, 0.3) is 0 Å².